The Kier molecular flexibility index (Phi) is 3.54. The van der Waals surface area contributed by atoms with Crippen molar-refractivity contribution in [2.24, 2.45) is 0 Å². The van der Waals surface area contributed by atoms with Gasteiger partial charge in [0.1, 0.15) is 0 Å². The topological polar surface area (TPSA) is 70.7 Å². The van der Waals surface area contributed by atoms with Crippen molar-refractivity contribution in [1.82, 2.24) is 15.2 Å². The first-order valence-electron chi connectivity index (χ1n) is 8.04. The largest absolute Gasteiger partial charge is 0.320 e. The number of anilines is 1. The van der Waals surface area contributed by atoms with E-state index in [1.54, 1.807) is 6.20 Å². The van der Waals surface area contributed by atoms with Crippen molar-refractivity contribution in [3.05, 3.63) is 53.5 Å². The summed E-state index contributed by atoms with van der Waals surface area (Å²) in [4.78, 5) is 17.0. The summed E-state index contributed by atoms with van der Waals surface area (Å²) in [5, 5.41) is 11.2. The number of carbonyl (C=O) groups is 1. The average Bonchev–Trinajstić information content (AvgIpc) is 2.84. The van der Waals surface area contributed by atoms with Gasteiger partial charge in [0.2, 0.25) is 0 Å². The Morgan fingerprint density at radius 2 is 2.00 bits per heavy atom. The minimum absolute atomic E-state index is 0.152. The van der Waals surface area contributed by atoms with Crippen molar-refractivity contribution in [3.63, 3.8) is 0 Å². The fraction of sp³-hybridized carbons (Fsp3) is 0.278. The van der Waals surface area contributed by atoms with E-state index in [1.807, 2.05) is 30.3 Å². The summed E-state index contributed by atoms with van der Waals surface area (Å²) in [5.74, 6) is -0.152. The summed E-state index contributed by atoms with van der Waals surface area (Å²) < 4.78 is 0. The lowest BCUT2D eigenvalue weighted by Gasteiger charge is -2.08. The third-order valence-corrected chi connectivity index (χ3v) is 4.42. The molecule has 0 radical (unpaired) electrons. The maximum atomic E-state index is 12.7. The van der Waals surface area contributed by atoms with Gasteiger partial charge in [-0.25, -0.2) is 0 Å². The number of carbonyl (C=O) groups excluding carboxylic acids is 1. The first-order valence-corrected chi connectivity index (χ1v) is 8.04. The van der Waals surface area contributed by atoms with Gasteiger partial charge in [-0.1, -0.05) is 12.5 Å². The van der Waals surface area contributed by atoms with Gasteiger partial charge in [0, 0.05) is 22.8 Å². The van der Waals surface area contributed by atoms with Crippen LogP contribution in [0.4, 0.5) is 5.69 Å². The molecule has 0 atom stereocenters. The number of aromatic nitrogens is 3. The lowest BCUT2D eigenvalue weighted by atomic mass is 10.1. The van der Waals surface area contributed by atoms with Crippen LogP contribution in [0.15, 0.2) is 36.5 Å². The molecule has 116 valence electrons. The quantitative estimate of drug-likeness (QED) is 0.712. The maximum absolute atomic E-state index is 12.7. The number of fused-ring (bicyclic) bond motifs is 2. The number of aromatic amines is 1. The second kappa shape index (κ2) is 5.83. The molecule has 0 saturated carbocycles. The van der Waals surface area contributed by atoms with E-state index < -0.39 is 0 Å². The van der Waals surface area contributed by atoms with Crippen molar-refractivity contribution < 1.29 is 4.79 Å². The summed E-state index contributed by atoms with van der Waals surface area (Å²) in [6, 6.07) is 9.57. The molecule has 1 aromatic carbocycles. The van der Waals surface area contributed by atoms with Gasteiger partial charge in [-0.15, -0.1) is 0 Å². The van der Waals surface area contributed by atoms with E-state index >= 15 is 0 Å². The Balaban J connectivity index is 1.66. The summed E-state index contributed by atoms with van der Waals surface area (Å²) in [6.45, 7) is 0. The van der Waals surface area contributed by atoms with Gasteiger partial charge < -0.3 is 5.32 Å². The summed E-state index contributed by atoms with van der Waals surface area (Å²) >= 11 is 0. The number of nitrogens with one attached hydrogen (secondary N) is 2. The molecule has 0 fully saturated rings. The lowest BCUT2D eigenvalue weighted by Crippen LogP contribution is -2.15. The van der Waals surface area contributed by atoms with Crippen molar-refractivity contribution in [1.29, 1.82) is 0 Å². The molecule has 0 bridgehead atoms. The van der Waals surface area contributed by atoms with Crippen LogP contribution in [0.5, 0.6) is 0 Å². The van der Waals surface area contributed by atoms with Crippen LogP contribution < -0.4 is 5.32 Å². The fourth-order valence-electron chi connectivity index (χ4n) is 3.24. The van der Waals surface area contributed by atoms with Crippen LogP contribution in [-0.4, -0.2) is 21.1 Å². The standard InChI is InChI=1S/C18H18N4O/c23-18(17-13-6-2-1-3-8-16(13)21-22-17)20-15-10-4-9-14-12(15)7-5-11-19-14/h4-5,7,9-11H,1-3,6,8H2,(H,20,23)(H,21,22). The fourth-order valence-corrected chi connectivity index (χ4v) is 3.24. The molecule has 1 amide bonds. The minimum atomic E-state index is -0.152. The molecule has 2 aromatic heterocycles. The molecule has 0 saturated heterocycles. The number of hydrogen-bond acceptors (Lipinski definition) is 3. The van der Waals surface area contributed by atoms with Crippen LogP contribution in [0.3, 0.4) is 0 Å². The molecule has 0 aliphatic heterocycles. The predicted octanol–water partition coefficient (Wildman–Crippen LogP) is 3.48. The molecule has 0 spiro atoms. The van der Waals surface area contributed by atoms with Crippen molar-refractivity contribution >= 4 is 22.5 Å². The Hall–Kier alpha value is -2.69. The highest BCUT2D eigenvalue weighted by molar-refractivity contribution is 6.08. The Morgan fingerprint density at radius 3 is 2.96 bits per heavy atom. The van der Waals surface area contributed by atoms with Crippen LogP contribution in [0.25, 0.3) is 10.9 Å². The molecular weight excluding hydrogens is 288 g/mol. The first kappa shape index (κ1) is 13.9. The maximum Gasteiger partial charge on any atom is 0.276 e. The van der Waals surface area contributed by atoms with E-state index in [9.17, 15) is 4.79 Å². The number of nitrogens with zero attached hydrogens (tertiary/aromatic N) is 2. The summed E-state index contributed by atoms with van der Waals surface area (Å²) in [6.07, 6.45) is 7.13. The highest BCUT2D eigenvalue weighted by atomic mass is 16.1. The Bertz CT molecular complexity index is 863. The molecule has 23 heavy (non-hydrogen) atoms. The number of amides is 1. The number of pyridine rings is 1. The molecule has 1 aliphatic rings. The highest BCUT2D eigenvalue weighted by Crippen LogP contribution is 2.25. The summed E-state index contributed by atoms with van der Waals surface area (Å²) in [7, 11) is 0. The average molecular weight is 306 g/mol. The van der Waals surface area contributed by atoms with E-state index in [-0.39, 0.29) is 5.91 Å². The van der Waals surface area contributed by atoms with Gasteiger partial charge in [0.05, 0.1) is 11.2 Å². The number of hydrogen-bond donors (Lipinski definition) is 2. The molecule has 2 N–H and O–H groups in total. The monoisotopic (exact) mass is 306 g/mol. The van der Waals surface area contributed by atoms with Crippen LogP contribution in [-0.2, 0) is 12.8 Å². The van der Waals surface area contributed by atoms with E-state index in [4.69, 9.17) is 0 Å². The lowest BCUT2D eigenvalue weighted by molar-refractivity contribution is 0.102. The van der Waals surface area contributed by atoms with Gasteiger partial charge >= 0.3 is 0 Å². The Morgan fingerprint density at radius 1 is 1.09 bits per heavy atom. The second-order valence-electron chi connectivity index (χ2n) is 5.92. The zero-order valence-electron chi connectivity index (χ0n) is 12.8. The molecule has 0 unspecified atom stereocenters. The normalized spacial score (nSPS) is 14.3. The molecular formula is C18H18N4O. The number of aryl methyl sites for hydroxylation is 1. The van der Waals surface area contributed by atoms with Crippen molar-refractivity contribution in [3.8, 4) is 0 Å². The predicted molar refractivity (Wildman–Crippen MR) is 89.5 cm³/mol. The number of rotatable bonds is 2. The van der Waals surface area contributed by atoms with Crippen LogP contribution in [0, 0.1) is 0 Å². The SMILES string of the molecule is O=C(Nc1cccc2ncccc12)c1n[nH]c2c1CCCCC2. The molecule has 5 heteroatoms. The van der Waals surface area contributed by atoms with Gasteiger partial charge in [0.25, 0.3) is 5.91 Å². The zero-order valence-corrected chi connectivity index (χ0v) is 12.8. The van der Waals surface area contributed by atoms with Crippen molar-refractivity contribution in [2.75, 3.05) is 5.32 Å². The van der Waals surface area contributed by atoms with E-state index in [2.05, 4.69) is 20.5 Å². The minimum Gasteiger partial charge on any atom is -0.320 e. The van der Waals surface area contributed by atoms with Gasteiger partial charge in [-0.3, -0.25) is 14.9 Å². The van der Waals surface area contributed by atoms with Crippen LogP contribution in [0.2, 0.25) is 0 Å². The van der Waals surface area contributed by atoms with E-state index in [0.29, 0.717) is 5.69 Å². The zero-order chi connectivity index (χ0) is 15.6. The molecule has 1 aliphatic carbocycles. The smallest absolute Gasteiger partial charge is 0.276 e. The molecule has 4 rings (SSSR count). The number of H-pyrrole nitrogens is 1. The van der Waals surface area contributed by atoms with Crippen molar-refractivity contribution in [2.45, 2.75) is 32.1 Å². The second-order valence-corrected chi connectivity index (χ2v) is 5.92. The van der Waals surface area contributed by atoms with Crippen LogP contribution in [0.1, 0.15) is 41.0 Å². The molecule has 3 aromatic rings. The molecule has 5 nitrogen and oxygen atoms in total. The van der Waals surface area contributed by atoms with Gasteiger partial charge in [-0.05, 0) is 49.9 Å². The third kappa shape index (κ3) is 2.59. The highest BCUT2D eigenvalue weighted by Gasteiger charge is 2.21. The van der Waals surface area contributed by atoms with Crippen LogP contribution >= 0.6 is 0 Å². The Labute approximate surface area is 134 Å². The third-order valence-electron chi connectivity index (χ3n) is 4.42. The van der Waals surface area contributed by atoms with E-state index in [1.165, 1.54) is 6.42 Å². The first-order chi connectivity index (χ1) is 11.3. The van der Waals surface area contributed by atoms with E-state index in [0.717, 1.165) is 53.5 Å². The van der Waals surface area contributed by atoms with Gasteiger partial charge in [-0.2, -0.15) is 5.10 Å². The van der Waals surface area contributed by atoms with Gasteiger partial charge in [0.15, 0.2) is 5.69 Å². The summed E-state index contributed by atoms with van der Waals surface area (Å²) in [5.41, 5.74) is 4.37. The molecule has 2 heterocycles. The number of benzene rings is 1.